The zero-order valence-electron chi connectivity index (χ0n) is 13.4. The molecule has 1 atom stereocenters. The summed E-state index contributed by atoms with van der Waals surface area (Å²) in [7, 11) is 0. The number of hydrogen-bond donors (Lipinski definition) is 2. The lowest BCUT2D eigenvalue weighted by Gasteiger charge is -2.44. The lowest BCUT2D eigenvalue weighted by molar-refractivity contribution is 0.0618. The number of rotatable bonds is 10. The van der Waals surface area contributed by atoms with Gasteiger partial charge >= 0.3 is 0 Å². The molecule has 1 fully saturated rings. The van der Waals surface area contributed by atoms with E-state index < -0.39 is 0 Å². The van der Waals surface area contributed by atoms with Crippen LogP contribution in [0.1, 0.15) is 59.8 Å². The van der Waals surface area contributed by atoms with Crippen molar-refractivity contribution in [2.45, 2.75) is 71.9 Å². The van der Waals surface area contributed by atoms with Crippen molar-refractivity contribution in [3.8, 4) is 0 Å². The Morgan fingerprint density at radius 1 is 1.37 bits per heavy atom. The third-order valence-corrected chi connectivity index (χ3v) is 4.68. The fourth-order valence-corrected chi connectivity index (χ4v) is 2.71. The molecule has 0 aromatic heterocycles. The summed E-state index contributed by atoms with van der Waals surface area (Å²) in [4.78, 5) is 2.61. The van der Waals surface area contributed by atoms with Gasteiger partial charge in [0.2, 0.25) is 0 Å². The molecule has 3 nitrogen and oxygen atoms in total. The fourth-order valence-electron chi connectivity index (χ4n) is 2.71. The minimum absolute atomic E-state index is 0.278. The monoisotopic (exact) mass is 270 g/mol. The summed E-state index contributed by atoms with van der Waals surface area (Å²) in [6, 6.07) is 1.30. The fraction of sp³-hybridized carbons (Fsp3) is 1.00. The Morgan fingerprint density at radius 3 is 2.53 bits per heavy atom. The molecule has 0 amide bonds. The largest absolute Gasteiger partial charge is 0.396 e. The highest BCUT2D eigenvalue weighted by Crippen LogP contribution is 2.30. The summed E-state index contributed by atoms with van der Waals surface area (Å²) >= 11 is 0. The number of aliphatic hydroxyl groups excluding tert-OH is 1. The van der Waals surface area contributed by atoms with E-state index in [1.165, 1.54) is 25.7 Å². The molecular formula is C16H34N2O. The van der Waals surface area contributed by atoms with Crippen molar-refractivity contribution >= 4 is 0 Å². The maximum Gasteiger partial charge on any atom is 0.0443 e. The van der Waals surface area contributed by atoms with Crippen molar-refractivity contribution in [2.75, 3.05) is 26.2 Å². The van der Waals surface area contributed by atoms with Crippen molar-refractivity contribution in [3.63, 3.8) is 0 Å². The standard InChI is InChI=1S/C16H34N2O/c1-5-10-17-14(2)16(3,4)13-18(11-7-12-19)15-8-6-9-15/h14-15,17,19H,5-13H2,1-4H3. The molecule has 1 rings (SSSR count). The van der Waals surface area contributed by atoms with E-state index in [0.717, 1.165) is 32.1 Å². The van der Waals surface area contributed by atoms with Gasteiger partial charge in [0, 0.05) is 31.8 Å². The van der Waals surface area contributed by atoms with Gasteiger partial charge in [0.15, 0.2) is 0 Å². The van der Waals surface area contributed by atoms with E-state index in [-0.39, 0.29) is 5.41 Å². The highest BCUT2D eigenvalue weighted by Gasteiger charge is 2.32. The summed E-state index contributed by atoms with van der Waals surface area (Å²) in [6.07, 6.45) is 6.17. The maximum atomic E-state index is 9.07. The molecule has 3 heteroatoms. The predicted molar refractivity (Wildman–Crippen MR) is 82.5 cm³/mol. The van der Waals surface area contributed by atoms with Crippen LogP contribution in [-0.4, -0.2) is 48.3 Å². The lowest BCUT2D eigenvalue weighted by Crippen LogP contribution is -2.51. The second-order valence-electron chi connectivity index (χ2n) is 6.80. The summed E-state index contributed by atoms with van der Waals surface area (Å²) < 4.78 is 0. The average molecular weight is 270 g/mol. The van der Waals surface area contributed by atoms with Crippen molar-refractivity contribution in [2.24, 2.45) is 5.41 Å². The van der Waals surface area contributed by atoms with Crippen LogP contribution in [0.2, 0.25) is 0 Å². The van der Waals surface area contributed by atoms with Crippen LogP contribution >= 0.6 is 0 Å². The van der Waals surface area contributed by atoms with E-state index in [1.807, 2.05) is 0 Å². The average Bonchev–Trinajstić information content (AvgIpc) is 2.30. The maximum absolute atomic E-state index is 9.07. The van der Waals surface area contributed by atoms with Gasteiger partial charge in [-0.25, -0.2) is 0 Å². The molecule has 19 heavy (non-hydrogen) atoms. The van der Waals surface area contributed by atoms with E-state index in [9.17, 15) is 0 Å². The van der Waals surface area contributed by atoms with Gasteiger partial charge in [-0.2, -0.15) is 0 Å². The lowest BCUT2D eigenvalue weighted by atomic mass is 9.82. The SMILES string of the molecule is CCCNC(C)C(C)(C)CN(CCCO)C1CCC1. The summed E-state index contributed by atoms with van der Waals surface area (Å²) in [6.45, 7) is 12.9. The quantitative estimate of drug-likeness (QED) is 0.640. The Labute approximate surface area is 119 Å². The first kappa shape index (κ1) is 16.9. The topological polar surface area (TPSA) is 35.5 Å². The van der Waals surface area contributed by atoms with Gasteiger partial charge in [-0.05, 0) is 44.6 Å². The Balaban J connectivity index is 2.49. The van der Waals surface area contributed by atoms with Gasteiger partial charge in [-0.1, -0.05) is 27.2 Å². The molecule has 0 bridgehead atoms. The molecule has 1 aliphatic carbocycles. The molecule has 1 unspecified atom stereocenters. The van der Waals surface area contributed by atoms with Crippen molar-refractivity contribution in [1.82, 2.24) is 10.2 Å². The molecule has 0 saturated heterocycles. The van der Waals surface area contributed by atoms with Crippen molar-refractivity contribution < 1.29 is 5.11 Å². The molecular weight excluding hydrogens is 236 g/mol. The molecule has 0 heterocycles. The summed E-state index contributed by atoms with van der Waals surface area (Å²) in [5, 5.41) is 12.7. The third kappa shape index (κ3) is 5.41. The third-order valence-electron chi connectivity index (χ3n) is 4.68. The molecule has 1 aliphatic rings. The second-order valence-corrected chi connectivity index (χ2v) is 6.80. The Morgan fingerprint density at radius 2 is 2.05 bits per heavy atom. The Bertz CT molecular complexity index is 239. The second kappa shape index (κ2) is 8.23. The van der Waals surface area contributed by atoms with Gasteiger partial charge in [0.25, 0.3) is 0 Å². The molecule has 0 aromatic rings. The van der Waals surface area contributed by atoms with E-state index in [4.69, 9.17) is 5.11 Å². The Hall–Kier alpha value is -0.120. The minimum Gasteiger partial charge on any atom is -0.396 e. The zero-order valence-corrected chi connectivity index (χ0v) is 13.4. The molecule has 0 spiro atoms. The predicted octanol–water partition coefficient (Wildman–Crippen LogP) is 2.64. The molecule has 2 N–H and O–H groups in total. The normalized spacial score (nSPS) is 18.6. The van der Waals surface area contributed by atoms with E-state index >= 15 is 0 Å². The first-order chi connectivity index (χ1) is 9.01. The minimum atomic E-state index is 0.278. The van der Waals surface area contributed by atoms with Crippen LogP contribution in [0.5, 0.6) is 0 Å². The van der Waals surface area contributed by atoms with Crippen LogP contribution in [0.15, 0.2) is 0 Å². The molecule has 0 radical (unpaired) electrons. The van der Waals surface area contributed by atoms with Crippen molar-refractivity contribution in [1.29, 1.82) is 0 Å². The number of hydrogen-bond acceptors (Lipinski definition) is 3. The summed E-state index contributed by atoms with van der Waals surface area (Å²) in [5.74, 6) is 0. The van der Waals surface area contributed by atoms with Crippen LogP contribution in [0, 0.1) is 5.41 Å². The van der Waals surface area contributed by atoms with Crippen LogP contribution in [-0.2, 0) is 0 Å². The number of aliphatic hydroxyl groups is 1. The van der Waals surface area contributed by atoms with Crippen LogP contribution in [0.3, 0.4) is 0 Å². The first-order valence-corrected chi connectivity index (χ1v) is 8.09. The van der Waals surface area contributed by atoms with Gasteiger partial charge in [0.1, 0.15) is 0 Å². The van der Waals surface area contributed by atoms with Crippen molar-refractivity contribution in [3.05, 3.63) is 0 Å². The van der Waals surface area contributed by atoms with Gasteiger partial charge < -0.3 is 10.4 Å². The van der Waals surface area contributed by atoms with E-state index in [1.54, 1.807) is 0 Å². The Kier molecular flexibility index (Phi) is 7.33. The zero-order chi connectivity index (χ0) is 14.3. The number of nitrogens with zero attached hydrogens (tertiary/aromatic N) is 1. The number of nitrogens with one attached hydrogen (secondary N) is 1. The smallest absolute Gasteiger partial charge is 0.0443 e. The van der Waals surface area contributed by atoms with E-state index in [0.29, 0.717) is 12.6 Å². The molecule has 0 aromatic carbocycles. The summed E-state index contributed by atoms with van der Waals surface area (Å²) in [5.41, 5.74) is 0.278. The van der Waals surface area contributed by atoms with Gasteiger partial charge in [0.05, 0.1) is 0 Å². The van der Waals surface area contributed by atoms with Gasteiger partial charge in [-0.3, -0.25) is 4.90 Å². The molecule has 1 saturated carbocycles. The molecule has 0 aliphatic heterocycles. The van der Waals surface area contributed by atoms with Crippen LogP contribution < -0.4 is 5.32 Å². The molecule has 114 valence electrons. The highest BCUT2D eigenvalue weighted by atomic mass is 16.3. The van der Waals surface area contributed by atoms with Gasteiger partial charge in [-0.15, -0.1) is 0 Å². The highest BCUT2D eigenvalue weighted by molar-refractivity contribution is 4.88. The first-order valence-electron chi connectivity index (χ1n) is 8.09. The van der Waals surface area contributed by atoms with Crippen LogP contribution in [0.4, 0.5) is 0 Å². The van der Waals surface area contributed by atoms with E-state index in [2.05, 4.69) is 37.9 Å². The van der Waals surface area contributed by atoms with Crippen LogP contribution in [0.25, 0.3) is 0 Å².